The van der Waals surface area contributed by atoms with Gasteiger partial charge in [0.2, 0.25) is 0 Å². The first kappa shape index (κ1) is 19.9. The Hall–Kier alpha value is -2.86. The Morgan fingerprint density at radius 2 is 1.75 bits per heavy atom. The average molecular weight is 383 g/mol. The molecule has 0 radical (unpaired) electrons. The van der Waals surface area contributed by atoms with Crippen molar-refractivity contribution in [2.45, 2.75) is 38.3 Å². The van der Waals surface area contributed by atoms with Crippen LogP contribution >= 0.6 is 0 Å². The summed E-state index contributed by atoms with van der Waals surface area (Å²) in [6.07, 6.45) is 5.16. The molecule has 6 heteroatoms. The van der Waals surface area contributed by atoms with Gasteiger partial charge >= 0.3 is 11.9 Å². The zero-order valence-corrected chi connectivity index (χ0v) is 15.7. The maximum atomic E-state index is 9.10. The van der Waals surface area contributed by atoms with Crippen LogP contribution in [-0.2, 0) is 29.0 Å². The van der Waals surface area contributed by atoms with Crippen molar-refractivity contribution in [3.8, 4) is 5.75 Å². The number of benzene rings is 2. The summed E-state index contributed by atoms with van der Waals surface area (Å²) in [6, 6.07) is 17.3. The van der Waals surface area contributed by atoms with Crippen molar-refractivity contribution in [1.82, 2.24) is 4.90 Å². The third-order valence-corrected chi connectivity index (χ3v) is 5.06. The second-order valence-electron chi connectivity index (χ2n) is 7.11. The molecule has 1 heterocycles. The molecular weight excluding hydrogens is 358 g/mol. The summed E-state index contributed by atoms with van der Waals surface area (Å²) in [7, 11) is 0. The molecule has 1 atom stereocenters. The SMILES string of the molecule is O=C(O)C(=O)O.c1ccc(CN2CCC(Oc3cccc4c3CCC4)C2)cc1. The Kier molecular flexibility index (Phi) is 6.66. The highest BCUT2D eigenvalue weighted by molar-refractivity contribution is 6.27. The minimum absolute atomic E-state index is 0.343. The number of likely N-dealkylation sites (tertiary alicyclic amines) is 1. The van der Waals surface area contributed by atoms with Crippen LogP contribution in [0.15, 0.2) is 48.5 Å². The van der Waals surface area contributed by atoms with Gasteiger partial charge in [-0.3, -0.25) is 4.90 Å². The smallest absolute Gasteiger partial charge is 0.414 e. The highest BCUT2D eigenvalue weighted by atomic mass is 16.5. The molecule has 1 saturated heterocycles. The van der Waals surface area contributed by atoms with E-state index in [-0.39, 0.29) is 0 Å². The number of hydrogen-bond acceptors (Lipinski definition) is 4. The Morgan fingerprint density at radius 3 is 2.46 bits per heavy atom. The fourth-order valence-corrected chi connectivity index (χ4v) is 3.75. The molecule has 28 heavy (non-hydrogen) atoms. The maximum Gasteiger partial charge on any atom is 0.414 e. The van der Waals surface area contributed by atoms with Gasteiger partial charge in [0.05, 0.1) is 0 Å². The van der Waals surface area contributed by atoms with Crippen LogP contribution < -0.4 is 4.74 Å². The lowest BCUT2D eigenvalue weighted by Crippen LogP contribution is -2.24. The van der Waals surface area contributed by atoms with Gasteiger partial charge in [-0.2, -0.15) is 0 Å². The van der Waals surface area contributed by atoms with Gasteiger partial charge in [-0.05, 0) is 48.4 Å². The summed E-state index contributed by atoms with van der Waals surface area (Å²) in [5.41, 5.74) is 4.35. The summed E-state index contributed by atoms with van der Waals surface area (Å²) >= 11 is 0. The lowest BCUT2D eigenvalue weighted by Gasteiger charge is -2.18. The Labute approximate surface area is 164 Å². The van der Waals surface area contributed by atoms with Crippen molar-refractivity contribution in [3.05, 3.63) is 65.2 Å². The van der Waals surface area contributed by atoms with Gasteiger partial charge in [0, 0.05) is 19.6 Å². The van der Waals surface area contributed by atoms with Crippen molar-refractivity contribution in [3.63, 3.8) is 0 Å². The second-order valence-corrected chi connectivity index (χ2v) is 7.11. The number of aryl methyl sites for hydroxylation is 1. The number of nitrogens with zero attached hydrogens (tertiary/aromatic N) is 1. The number of carbonyl (C=O) groups is 2. The number of carboxylic acids is 2. The number of ether oxygens (including phenoxy) is 1. The largest absolute Gasteiger partial charge is 0.489 e. The van der Waals surface area contributed by atoms with Crippen LogP contribution in [0.4, 0.5) is 0 Å². The molecule has 2 aliphatic rings. The van der Waals surface area contributed by atoms with Gasteiger partial charge in [0.25, 0.3) is 0 Å². The van der Waals surface area contributed by atoms with Crippen molar-refractivity contribution < 1.29 is 24.5 Å². The monoisotopic (exact) mass is 383 g/mol. The predicted octanol–water partition coefficient (Wildman–Crippen LogP) is 2.98. The quantitative estimate of drug-likeness (QED) is 0.790. The molecule has 2 N–H and O–H groups in total. The summed E-state index contributed by atoms with van der Waals surface area (Å²) < 4.78 is 6.34. The first-order valence-electron chi connectivity index (χ1n) is 9.53. The second kappa shape index (κ2) is 9.37. The maximum absolute atomic E-state index is 9.10. The highest BCUT2D eigenvalue weighted by Gasteiger charge is 2.25. The molecule has 4 rings (SSSR count). The van der Waals surface area contributed by atoms with Gasteiger partial charge in [0.1, 0.15) is 11.9 Å². The molecule has 2 aromatic rings. The minimum Gasteiger partial charge on any atom is -0.489 e. The molecule has 0 bridgehead atoms. The van der Waals surface area contributed by atoms with Gasteiger partial charge < -0.3 is 14.9 Å². The number of aliphatic carboxylic acids is 2. The standard InChI is InChI=1S/C20H23NO.C2H2O4/c1-2-6-16(7-3-1)14-21-13-12-18(15-21)22-20-11-5-9-17-8-4-10-19(17)20;3-1(4)2(5)6/h1-3,5-7,9,11,18H,4,8,10,12-15H2;(H,3,4)(H,5,6). The van der Waals surface area contributed by atoms with E-state index in [2.05, 4.69) is 53.4 Å². The number of fused-ring (bicyclic) bond motifs is 1. The van der Waals surface area contributed by atoms with Crippen LogP contribution in [0, 0.1) is 0 Å². The van der Waals surface area contributed by atoms with Crippen LogP contribution in [0.2, 0.25) is 0 Å². The van der Waals surface area contributed by atoms with Crippen LogP contribution in [0.3, 0.4) is 0 Å². The molecule has 1 aliphatic carbocycles. The molecular formula is C22H25NO5. The molecule has 0 aromatic heterocycles. The normalized spacial score (nSPS) is 18.1. The molecule has 148 valence electrons. The van der Waals surface area contributed by atoms with Gasteiger partial charge in [-0.15, -0.1) is 0 Å². The lowest BCUT2D eigenvalue weighted by atomic mass is 10.1. The van der Waals surface area contributed by atoms with Crippen molar-refractivity contribution >= 4 is 11.9 Å². The zero-order valence-electron chi connectivity index (χ0n) is 15.7. The van der Waals surface area contributed by atoms with E-state index >= 15 is 0 Å². The highest BCUT2D eigenvalue weighted by Crippen LogP contribution is 2.32. The first-order valence-corrected chi connectivity index (χ1v) is 9.53. The Balaban J connectivity index is 0.000000330. The van der Waals surface area contributed by atoms with Gasteiger partial charge in [-0.1, -0.05) is 42.5 Å². The third kappa shape index (κ3) is 5.33. The molecule has 0 amide bonds. The third-order valence-electron chi connectivity index (χ3n) is 5.06. The summed E-state index contributed by atoms with van der Waals surface area (Å²) in [5.74, 6) is -2.51. The molecule has 2 aromatic carbocycles. The summed E-state index contributed by atoms with van der Waals surface area (Å²) in [4.78, 5) is 20.7. The first-order chi connectivity index (χ1) is 13.5. The molecule has 1 unspecified atom stereocenters. The molecule has 6 nitrogen and oxygen atoms in total. The Bertz CT molecular complexity index is 809. The zero-order chi connectivity index (χ0) is 19.9. The number of hydrogen-bond donors (Lipinski definition) is 2. The van der Waals surface area contributed by atoms with Crippen LogP contribution in [0.5, 0.6) is 5.75 Å². The molecule has 0 saturated carbocycles. The summed E-state index contributed by atoms with van der Waals surface area (Å²) in [6.45, 7) is 3.21. The van der Waals surface area contributed by atoms with Crippen molar-refractivity contribution in [2.24, 2.45) is 0 Å². The van der Waals surface area contributed by atoms with Crippen LogP contribution in [-0.4, -0.2) is 46.2 Å². The van der Waals surface area contributed by atoms with Crippen LogP contribution in [0.1, 0.15) is 29.5 Å². The molecule has 0 spiro atoms. The lowest BCUT2D eigenvalue weighted by molar-refractivity contribution is -0.159. The van der Waals surface area contributed by atoms with E-state index in [1.165, 1.54) is 36.0 Å². The minimum atomic E-state index is -1.82. The fraction of sp³-hybridized carbons (Fsp3) is 0.364. The van der Waals surface area contributed by atoms with E-state index in [1.807, 2.05) is 0 Å². The van der Waals surface area contributed by atoms with Gasteiger partial charge in [-0.25, -0.2) is 9.59 Å². The van der Waals surface area contributed by atoms with Crippen LogP contribution in [0.25, 0.3) is 0 Å². The molecule has 1 aliphatic heterocycles. The van der Waals surface area contributed by atoms with E-state index in [4.69, 9.17) is 24.5 Å². The predicted molar refractivity (Wildman–Crippen MR) is 104 cm³/mol. The van der Waals surface area contributed by atoms with Crippen molar-refractivity contribution in [2.75, 3.05) is 13.1 Å². The van der Waals surface area contributed by atoms with E-state index in [9.17, 15) is 0 Å². The van der Waals surface area contributed by atoms with E-state index in [0.717, 1.165) is 31.8 Å². The molecule has 1 fully saturated rings. The average Bonchev–Trinajstić information content (AvgIpc) is 3.33. The van der Waals surface area contributed by atoms with E-state index in [1.54, 1.807) is 0 Å². The Morgan fingerprint density at radius 1 is 1.00 bits per heavy atom. The summed E-state index contributed by atoms with van der Waals surface area (Å²) in [5, 5.41) is 14.8. The van der Waals surface area contributed by atoms with E-state index < -0.39 is 11.9 Å². The van der Waals surface area contributed by atoms with Crippen molar-refractivity contribution in [1.29, 1.82) is 0 Å². The van der Waals surface area contributed by atoms with E-state index in [0.29, 0.717) is 6.10 Å². The van der Waals surface area contributed by atoms with Gasteiger partial charge in [0.15, 0.2) is 0 Å². The number of carboxylic acid groups (broad SMARTS) is 2. The fourth-order valence-electron chi connectivity index (χ4n) is 3.75. The number of rotatable bonds is 4. The topological polar surface area (TPSA) is 87.1 Å².